The summed E-state index contributed by atoms with van der Waals surface area (Å²) >= 11 is 0. The molecule has 3 fully saturated rings. The molecule has 0 spiro atoms. The number of alkyl halides is 1. The van der Waals surface area contributed by atoms with Crippen molar-refractivity contribution in [1.82, 2.24) is 30.2 Å². The van der Waals surface area contributed by atoms with Gasteiger partial charge in [0.1, 0.15) is 40.9 Å². The second kappa shape index (κ2) is 14.8. The molecule has 3 heterocycles. The number of hydrogen-bond acceptors (Lipinski definition) is 11. The highest BCUT2D eigenvalue weighted by Gasteiger charge is 2.64. The lowest BCUT2D eigenvalue weighted by Gasteiger charge is -2.32. The van der Waals surface area contributed by atoms with Crippen molar-refractivity contribution in [3.05, 3.63) is 30.4 Å². The van der Waals surface area contributed by atoms with Crippen molar-refractivity contribution in [3.63, 3.8) is 0 Å². The van der Waals surface area contributed by atoms with Crippen molar-refractivity contribution in [1.29, 1.82) is 0 Å². The molecule has 1 aromatic carbocycles. The van der Waals surface area contributed by atoms with Crippen LogP contribution >= 0.6 is 0 Å². The number of fused-ring (bicyclic) bond motifs is 3. The fourth-order valence-electron chi connectivity index (χ4n) is 7.53. The first-order valence-corrected chi connectivity index (χ1v) is 19.6. The van der Waals surface area contributed by atoms with E-state index in [1.54, 1.807) is 50.2 Å². The Kier molecular flexibility index (Phi) is 10.7. The summed E-state index contributed by atoms with van der Waals surface area (Å²) in [5.41, 5.74) is -1.16. The summed E-state index contributed by atoms with van der Waals surface area (Å²) in [5.74, 6) is -2.24. The van der Waals surface area contributed by atoms with Crippen molar-refractivity contribution in [2.45, 2.75) is 87.3 Å². The Morgan fingerprint density at radius 1 is 1.17 bits per heavy atom. The third-order valence-electron chi connectivity index (χ3n) is 11.1. The number of amides is 4. The van der Waals surface area contributed by atoms with Crippen LogP contribution in [0.15, 0.2) is 30.4 Å². The number of rotatable bonds is 9. The molecule has 2 aromatic rings. The maximum atomic E-state index is 14.4. The zero-order chi connectivity index (χ0) is 39.2. The van der Waals surface area contributed by atoms with E-state index in [1.165, 1.54) is 12.0 Å². The Morgan fingerprint density at radius 2 is 1.91 bits per heavy atom. The van der Waals surface area contributed by atoms with E-state index in [-0.39, 0.29) is 44.0 Å². The standard InChI is InChI=1S/C36H48FN7O9S/c1-20-8-6-7-9-22-17-36(22,32(47)42-54(50,51)35(19-37)12-13-35)41-29(45)27-16-24(18-44(27)31(46)28(21(2)14-20)39-34(48)49)53-30-25-11-10-23(52-5)15-26(25)38-33(40-30)43(3)4/h7,9-11,15,20-22,24,27-28,39H,6,8,12-14,16-19H2,1-5H3,(H,41,45)(H,42,47)(H,48,49)/t20-,21+,22+,24+,27-,28-,36+/m0/s1. The second-order valence-electron chi connectivity index (χ2n) is 15.4. The summed E-state index contributed by atoms with van der Waals surface area (Å²) in [5, 5.41) is 15.5. The maximum absolute atomic E-state index is 14.4. The predicted molar refractivity (Wildman–Crippen MR) is 195 cm³/mol. The van der Waals surface area contributed by atoms with Crippen LogP contribution < -0.4 is 29.7 Å². The van der Waals surface area contributed by atoms with Crippen LogP contribution in [0.3, 0.4) is 0 Å². The van der Waals surface area contributed by atoms with Gasteiger partial charge in [-0.3, -0.25) is 19.1 Å². The molecule has 2 aliphatic carbocycles. The van der Waals surface area contributed by atoms with Crippen LogP contribution in [0, 0.1) is 17.8 Å². The van der Waals surface area contributed by atoms with Gasteiger partial charge in [-0.05, 0) is 62.5 Å². The van der Waals surface area contributed by atoms with Crippen LogP contribution in [0.2, 0.25) is 0 Å². The molecule has 7 atom stereocenters. The number of hydrogen-bond donors (Lipinski definition) is 4. The topological polar surface area (TPSA) is 209 Å². The summed E-state index contributed by atoms with van der Waals surface area (Å²) in [6, 6.07) is 2.72. The Morgan fingerprint density at radius 3 is 2.56 bits per heavy atom. The number of halogens is 1. The third-order valence-corrected chi connectivity index (χ3v) is 13.2. The van der Waals surface area contributed by atoms with E-state index in [0.717, 1.165) is 0 Å². The number of nitrogens with zero attached hydrogens (tertiary/aromatic N) is 4. The molecular weight excluding hydrogens is 726 g/mol. The number of aromatic nitrogens is 2. The predicted octanol–water partition coefficient (Wildman–Crippen LogP) is 2.52. The number of allylic oxidation sites excluding steroid dienone is 1. The highest BCUT2D eigenvalue weighted by atomic mass is 32.2. The average molecular weight is 774 g/mol. The van der Waals surface area contributed by atoms with E-state index in [9.17, 15) is 37.1 Å². The van der Waals surface area contributed by atoms with Gasteiger partial charge >= 0.3 is 6.09 Å². The van der Waals surface area contributed by atoms with E-state index < -0.39 is 80.8 Å². The van der Waals surface area contributed by atoms with Crippen molar-refractivity contribution in [2.24, 2.45) is 17.8 Å². The molecule has 4 amide bonds. The van der Waals surface area contributed by atoms with Gasteiger partial charge in [-0.2, -0.15) is 4.98 Å². The molecule has 0 radical (unpaired) electrons. The molecule has 2 saturated carbocycles. The van der Waals surface area contributed by atoms with E-state index in [2.05, 4.69) is 25.3 Å². The van der Waals surface area contributed by atoms with Crippen molar-refractivity contribution in [2.75, 3.05) is 39.3 Å². The van der Waals surface area contributed by atoms with Crippen molar-refractivity contribution in [3.8, 4) is 11.6 Å². The first-order chi connectivity index (χ1) is 25.5. The monoisotopic (exact) mass is 773 g/mol. The van der Waals surface area contributed by atoms with E-state index in [4.69, 9.17) is 9.47 Å². The number of carbonyl (C=O) groups is 4. The first kappa shape index (κ1) is 39.0. The van der Waals surface area contributed by atoms with Crippen molar-refractivity contribution >= 4 is 50.7 Å². The number of nitrogens with one attached hydrogen (secondary N) is 3. The van der Waals surface area contributed by atoms with Crippen LogP contribution in [0.4, 0.5) is 15.1 Å². The molecule has 18 heteroatoms. The van der Waals surface area contributed by atoms with Gasteiger partial charge < -0.3 is 35.0 Å². The molecule has 6 rings (SSSR count). The number of benzene rings is 1. The van der Waals surface area contributed by atoms with Crippen LogP contribution in [-0.4, -0.2) is 115 Å². The summed E-state index contributed by atoms with van der Waals surface area (Å²) < 4.78 is 52.3. The van der Waals surface area contributed by atoms with Gasteiger partial charge in [0.15, 0.2) is 0 Å². The molecule has 4 N–H and O–H groups in total. The van der Waals surface area contributed by atoms with Gasteiger partial charge in [-0.15, -0.1) is 0 Å². The van der Waals surface area contributed by atoms with Crippen LogP contribution in [0.25, 0.3) is 10.9 Å². The molecule has 0 bridgehead atoms. The van der Waals surface area contributed by atoms with Gasteiger partial charge in [0, 0.05) is 32.5 Å². The zero-order valence-electron chi connectivity index (χ0n) is 31.0. The van der Waals surface area contributed by atoms with Crippen LogP contribution in [0.1, 0.15) is 58.8 Å². The fourth-order valence-corrected chi connectivity index (χ4v) is 8.95. The highest BCUT2D eigenvalue weighted by Crippen LogP contribution is 2.48. The Bertz CT molecular complexity index is 1960. The second-order valence-corrected chi connectivity index (χ2v) is 17.4. The van der Waals surface area contributed by atoms with E-state index in [0.29, 0.717) is 41.9 Å². The normalized spacial score (nSPS) is 29.5. The van der Waals surface area contributed by atoms with Gasteiger partial charge in [-0.1, -0.05) is 26.0 Å². The number of carboxylic acid groups (broad SMARTS) is 1. The number of sulfonamides is 1. The number of ether oxygens (including phenoxy) is 2. The lowest BCUT2D eigenvalue weighted by atomic mass is 9.88. The molecule has 1 saturated heterocycles. The van der Waals surface area contributed by atoms with E-state index >= 15 is 0 Å². The largest absolute Gasteiger partial charge is 0.497 e. The highest BCUT2D eigenvalue weighted by molar-refractivity contribution is 7.91. The molecular formula is C36H48FN7O9S. The smallest absolute Gasteiger partial charge is 0.405 e. The summed E-state index contributed by atoms with van der Waals surface area (Å²) in [4.78, 5) is 66.8. The fraction of sp³-hybridized carbons (Fsp3) is 0.611. The molecule has 294 valence electrons. The minimum Gasteiger partial charge on any atom is -0.497 e. The van der Waals surface area contributed by atoms with Gasteiger partial charge in [0.05, 0.1) is 24.6 Å². The zero-order valence-corrected chi connectivity index (χ0v) is 31.8. The Labute approximate surface area is 313 Å². The lowest BCUT2D eigenvalue weighted by Crippen LogP contribution is -2.59. The minimum atomic E-state index is -4.40. The van der Waals surface area contributed by atoms with Gasteiger partial charge in [0.2, 0.25) is 33.7 Å². The molecule has 4 aliphatic rings. The van der Waals surface area contributed by atoms with Crippen LogP contribution in [-0.2, 0) is 24.4 Å². The number of carbonyl (C=O) groups excluding carboxylic acids is 3. The maximum Gasteiger partial charge on any atom is 0.405 e. The summed E-state index contributed by atoms with van der Waals surface area (Å²) in [6.07, 6.45) is 3.38. The Balaban J connectivity index is 1.36. The first-order valence-electron chi connectivity index (χ1n) is 18.1. The third kappa shape index (κ3) is 7.61. The van der Waals surface area contributed by atoms with E-state index in [1.807, 2.05) is 13.0 Å². The molecule has 2 aliphatic heterocycles. The molecule has 1 aromatic heterocycles. The number of anilines is 1. The average Bonchev–Trinajstić information content (AvgIpc) is 4.02. The minimum absolute atomic E-state index is 0.0669. The number of methoxy groups -OCH3 is 1. The molecule has 16 nitrogen and oxygen atoms in total. The van der Waals surface area contributed by atoms with Gasteiger partial charge in [-0.25, -0.2) is 22.6 Å². The van der Waals surface area contributed by atoms with Gasteiger partial charge in [0.25, 0.3) is 5.91 Å². The SMILES string of the molecule is COc1ccc2c(O[C@@H]3C[C@H]4C(=O)N[C@]5(C(=O)NS(=O)(=O)C6(CF)CC6)C[C@H]5C=CCC[C@H](C)C[C@@H](C)[C@H](NC(=O)O)C(=O)N4C3)nc(N(C)C)nc2c1. The lowest BCUT2D eigenvalue weighted by molar-refractivity contribution is -0.142. The van der Waals surface area contributed by atoms with Crippen molar-refractivity contribution < 1.29 is 46.6 Å². The molecule has 0 unspecified atom stereocenters. The summed E-state index contributed by atoms with van der Waals surface area (Å²) in [7, 11) is 0.656. The summed E-state index contributed by atoms with van der Waals surface area (Å²) in [6.45, 7) is 2.50. The molecule has 54 heavy (non-hydrogen) atoms. The Hall–Kier alpha value is -4.74. The quantitative estimate of drug-likeness (QED) is 0.271. The van der Waals surface area contributed by atoms with Crippen LogP contribution in [0.5, 0.6) is 11.6 Å².